The number of benzene rings is 2. The Bertz CT molecular complexity index is 1050. The van der Waals surface area contributed by atoms with Crippen LogP contribution in [0.4, 0.5) is 5.69 Å². The van der Waals surface area contributed by atoms with Crippen molar-refractivity contribution >= 4 is 23.2 Å². The third kappa shape index (κ3) is 4.12. The van der Waals surface area contributed by atoms with E-state index < -0.39 is 4.92 Å². The molecule has 3 rings (SSSR count). The number of carbonyl (C=O) groups is 1. The van der Waals surface area contributed by atoms with E-state index in [1.165, 1.54) is 24.8 Å². The molecule has 0 saturated heterocycles. The molecule has 0 fully saturated rings. The van der Waals surface area contributed by atoms with Crippen molar-refractivity contribution in [3.05, 3.63) is 63.7 Å². The normalized spacial score (nSPS) is 10.8. The van der Waals surface area contributed by atoms with Crippen LogP contribution in [0.15, 0.2) is 52.5 Å². The average Bonchev–Trinajstić information content (AvgIpc) is 3.04. The molecule has 1 heterocycles. The molecule has 3 aromatic rings. The maximum absolute atomic E-state index is 11.6. The molecule has 0 unspecified atom stereocenters. The first-order chi connectivity index (χ1) is 13.4. The van der Waals surface area contributed by atoms with Gasteiger partial charge >= 0.3 is 0 Å². The highest BCUT2D eigenvalue weighted by molar-refractivity contribution is 7.99. The Morgan fingerprint density at radius 1 is 1.21 bits per heavy atom. The minimum atomic E-state index is -0.475. The summed E-state index contributed by atoms with van der Waals surface area (Å²) in [5, 5.41) is 20.7. The van der Waals surface area contributed by atoms with Gasteiger partial charge in [0.25, 0.3) is 5.69 Å². The number of rotatable bonds is 7. The first-order valence-electron chi connectivity index (χ1n) is 8.88. The molecule has 0 radical (unpaired) electrons. The molecule has 0 aliphatic carbocycles. The van der Waals surface area contributed by atoms with Crippen molar-refractivity contribution in [1.82, 2.24) is 14.8 Å². The van der Waals surface area contributed by atoms with E-state index in [1.54, 1.807) is 12.1 Å². The predicted molar refractivity (Wildman–Crippen MR) is 108 cm³/mol. The minimum Gasteiger partial charge on any atom is -0.302 e. The van der Waals surface area contributed by atoms with E-state index in [9.17, 15) is 14.9 Å². The molecular formula is C20H20N4O3S. The van der Waals surface area contributed by atoms with Gasteiger partial charge in [0, 0.05) is 23.7 Å². The first kappa shape index (κ1) is 19.8. The maximum Gasteiger partial charge on any atom is 0.284 e. The zero-order chi connectivity index (χ0) is 20.3. The zero-order valence-corrected chi connectivity index (χ0v) is 16.7. The van der Waals surface area contributed by atoms with Crippen LogP contribution in [0.3, 0.4) is 0 Å². The summed E-state index contributed by atoms with van der Waals surface area (Å²) in [6.45, 7) is 6.15. The second-order valence-electron chi connectivity index (χ2n) is 6.43. The molecule has 8 heteroatoms. The van der Waals surface area contributed by atoms with Crippen molar-refractivity contribution in [2.75, 3.05) is 0 Å². The molecule has 0 N–H and O–H groups in total. The molecule has 144 valence electrons. The Morgan fingerprint density at radius 3 is 2.64 bits per heavy atom. The highest BCUT2D eigenvalue weighted by atomic mass is 32.2. The van der Waals surface area contributed by atoms with Gasteiger partial charge in [-0.2, -0.15) is 0 Å². The second-order valence-corrected chi connectivity index (χ2v) is 7.43. The number of hydrogen-bond donors (Lipinski definition) is 0. The van der Waals surface area contributed by atoms with Crippen LogP contribution in [0.5, 0.6) is 0 Å². The van der Waals surface area contributed by atoms with Crippen LogP contribution in [0.2, 0.25) is 0 Å². The lowest BCUT2D eigenvalue weighted by molar-refractivity contribution is -0.387. The number of Topliss-reactive ketones (excluding diaryl/α,β-unsaturated/α-hetero) is 1. The molecule has 1 aromatic heterocycles. The van der Waals surface area contributed by atoms with Gasteiger partial charge in [0.15, 0.2) is 16.8 Å². The number of nitro benzene ring substituents is 1. The Labute approximate surface area is 166 Å². The molecule has 7 nitrogen and oxygen atoms in total. The highest BCUT2D eigenvalue weighted by Crippen LogP contribution is 2.36. The summed E-state index contributed by atoms with van der Waals surface area (Å²) in [4.78, 5) is 23.0. The number of carbonyl (C=O) groups excluding carboxylic acids is 1. The molecule has 0 spiro atoms. The van der Waals surface area contributed by atoms with E-state index in [0.717, 1.165) is 23.4 Å². The van der Waals surface area contributed by atoms with Crippen molar-refractivity contribution in [3.8, 4) is 11.4 Å². The molecular weight excluding hydrogens is 376 g/mol. The molecule has 0 atom stereocenters. The van der Waals surface area contributed by atoms with E-state index >= 15 is 0 Å². The number of nitro groups is 1. The number of ketones is 1. The largest absolute Gasteiger partial charge is 0.302 e. The summed E-state index contributed by atoms with van der Waals surface area (Å²) in [6, 6.07) is 12.5. The van der Waals surface area contributed by atoms with Crippen LogP contribution < -0.4 is 0 Å². The van der Waals surface area contributed by atoms with Gasteiger partial charge in [-0.1, -0.05) is 30.7 Å². The number of hydrogen-bond acceptors (Lipinski definition) is 6. The van der Waals surface area contributed by atoms with Gasteiger partial charge < -0.3 is 4.57 Å². The molecule has 0 saturated carbocycles. The Kier molecular flexibility index (Phi) is 5.89. The fraction of sp³-hybridized carbons (Fsp3) is 0.250. The third-order valence-corrected chi connectivity index (χ3v) is 5.25. The third-order valence-electron chi connectivity index (χ3n) is 4.20. The first-order valence-corrected chi connectivity index (χ1v) is 9.69. The van der Waals surface area contributed by atoms with Gasteiger partial charge in [0.05, 0.1) is 9.82 Å². The van der Waals surface area contributed by atoms with Crippen LogP contribution in [-0.2, 0) is 6.54 Å². The van der Waals surface area contributed by atoms with Crippen molar-refractivity contribution < 1.29 is 9.72 Å². The lowest BCUT2D eigenvalue weighted by Gasteiger charge is -2.10. The molecule has 0 aliphatic heterocycles. The van der Waals surface area contributed by atoms with Gasteiger partial charge in [0.2, 0.25) is 0 Å². The second kappa shape index (κ2) is 8.35. The summed E-state index contributed by atoms with van der Waals surface area (Å²) >= 11 is 1.19. The van der Waals surface area contributed by atoms with Gasteiger partial charge in [-0.3, -0.25) is 14.9 Å². The standard InChI is InChI=1S/C20H20N4O3S/c1-4-10-23-19(16-7-5-6-13(2)11-16)21-22-20(23)28-18-9-8-15(14(3)25)12-17(18)24(26)27/h5-9,11-12H,4,10H2,1-3H3. The van der Waals surface area contributed by atoms with E-state index in [-0.39, 0.29) is 11.5 Å². The van der Waals surface area contributed by atoms with E-state index in [1.807, 2.05) is 35.8 Å². The van der Waals surface area contributed by atoms with Crippen molar-refractivity contribution in [3.63, 3.8) is 0 Å². The van der Waals surface area contributed by atoms with E-state index in [0.29, 0.717) is 22.2 Å². The monoisotopic (exact) mass is 396 g/mol. The molecule has 0 aliphatic rings. The Morgan fingerprint density at radius 2 is 2.00 bits per heavy atom. The van der Waals surface area contributed by atoms with E-state index in [2.05, 4.69) is 17.1 Å². The zero-order valence-electron chi connectivity index (χ0n) is 15.9. The predicted octanol–water partition coefficient (Wildman–Crippen LogP) is 4.93. The van der Waals surface area contributed by atoms with Crippen molar-refractivity contribution in [2.24, 2.45) is 0 Å². The van der Waals surface area contributed by atoms with Crippen LogP contribution in [0.1, 0.15) is 36.2 Å². The van der Waals surface area contributed by atoms with Crippen molar-refractivity contribution in [1.29, 1.82) is 0 Å². The SMILES string of the molecule is CCCn1c(Sc2ccc(C(C)=O)cc2[N+](=O)[O-])nnc1-c1cccc(C)c1. The van der Waals surface area contributed by atoms with Crippen LogP contribution >= 0.6 is 11.8 Å². The van der Waals surface area contributed by atoms with Crippen molar-refractivity contribution in [2.45, 2.75) is 43.8 Å². The lowest BCUT2D eigenvalue weighted by Crippen LogP contribution is -2.02. The summed E-state index contributed by atoms with van der Waals surface area (Å²) in [5.74, 6) is 0.520. The summed E-state index contributed by atoms with van der Waals surface area (Å²) in [6.07, 6.45) is 0.871. The molecule has 0 amide bonds. The van der Waals surface area contributed by atoms with Gasteiger partial charge in [0.1, 0.15) is 0 Å². The van der Waals surface area contributed by atoms with Crippen LogP contribution in [-0.4, -0.2) is 25.5 Å². The number of aromatic nitrogens is 3. The summed E-state index contributed by atoms with van der Waals surface area (Å²) in [5.41, 5.74) is 2.27. The quantitative estimate of drug-likeness (QED) is 0.320. The van der Waals surface area contributed by atoms with Gasteiger partial charge in [-0.25, -0.2) is 0 Å². The topological polar surface area (TPSA) is 90.9 Å². The minimum absolute atomic E-state index is 0.110. The number of aryl methyl sites for hydroxylation is 1. The van der Waals surface area contributed by atoms with Crippen LogP contribution in [0.25, 0.3) is 11.4 Å². The molecule has 2 aromatic carbocycles. The smallest absolute Gasteiger partial charge is 0.284 e. The average molecular weight is 396 g/mol. The highest BCUT2D eigenvalue weighted by Gasteiger charge is 2.21. The Hall–Kier alpha value is -3.00. The van der Waals surface area contributed by atoms with Gasteiger partial charge in [-0.15, -0.1) is 10.2 Å². The molecule has 0 bridgehead atoms. The maximum atomic E-state index is 11.6. The Balaban J connectivity index is 2.03. The van der Waals surface area contributed by atoms with Gasteiger partial charge in [-0.05, 0) is 50.2 Å². The fourth-order valence-corrected chi connectivity index (χ4v) is 3.79. The molecule has 28 heavy (non-hydrogen) atoms. The lowest BCUT2D eigenvalue weighted by atomic mass is 10.1. The van der Waals surface area contributed by atoms with Crippen LogP contribution in [0, 0.1) is 17.0 Å². The fourth-order valence-electron chi connectivity index (χ4n) is 2.85. The summed E-state index contributed by atoms with van der Waals surface area (Å²) < 4.78 is 1.97. The summed E-state index contributed by atoms with van der Waals surface area (Å²) in [7, 11) is 0. The van der Waals surface area contributed by atoms with E-state index in [4.69, 9.17) is 0 Å². The number of nitrogens with zero attached hydrogens (tertiary/aromatic N) is 4.